The average Bonchev–Trinajstić information content (AvgIpc) is 2.74. The lowest BCUT2D eigenvalue weighted by Crippen LogP contribution is -2.39. The number of hydrogen-bond acceptors (Lipinski definition) is 2. The molecule has 1 fully saturated rings. The number of rotatable bonds is 7. The first-order chi connectivity index (χ1) is 8.49. The van der Waals surface area contributed by atoms with Crippen molar-refractivity contribution in [2.75, 3.05) is 13.1 Å². The van der Waals surface area contributed by atoms with Crippen LogP contribution in [0.2, 0.25) is 0 Å². The second-order valence-corrected chi connectivity index (χ2v) is 6.50. The molecule has 3 nitrogen and oxygen atoms in total. The summed E-state index contributed by atoms with van der Waals surface area (Å²) in [5.74, 6) is 0.935. The van der Waals surface area contributed by atoms with Crippen LogP contribution in [0.25, 0.3) is 0 Å². The zero-order chi connectivity index (χ0) is 13.6. The van der Waals surface area contributed by atoms with E-state index in [0.29, 0.717) is 17.9 Å². The van der Waals surface area contributed by atoms with Crippen molar-refractivity contribution >= 4 is 5.91 Å². The average molecular weight is 254 g/mol. The lowest BCUT2D eigenvalue weighted by Gasteiger charge is -2.31. The molecule has 0 aromatic carbocycles. The molecule has 0 aromatic rings. The van der Waals surface area contributed by atoms with Crippen LogP contribution < -0.4 is 11.1 Å². The second kappa shape index (κ2) is 7.13. The summed E-state index contributed by atoms with van der Waals surface area (Å²) in [7, 11) is 0. The zero-order valence-corrected chi connectivity index (χ0v) is 12.3. The highest BCUT2D eigenvalue weighted by atomic mass is 16.1. The fourth-order valence-corrected chi connectivity index (χ4v) is 3.27. The summed E-state index contributed by atoms with van der Waals surface area (Å²) in [5, 5.41) is 3.16. The molecule has 106 valence electrons. The standard InChI is InChI=1S/C15H30N2O/c1-12(2)10-15(7-4-5-8-15)11-17-14(18)13(3)6-9-16/h12-13H,4-11,16H2,1-3H3,(H,17,18). The maximum atomic E-state index is 12.0. The van der Waals surface area contributed by atoms with Gasteiger partial charge in [0.15, 0.2) is 0 Å². The molecule has 18 heavy (non-hydrogen) atoms. The van der Waals surface area contributed by atoms with Crippen molar-refractivity contribution in [1.82, 2.24) is 5.32 Å². The van der Waals surface area contributed by atoms with E-state index in [4.69, 9.17) is 5.73 Å². The Hall–Kier alpha value is -0.570. The Labute approximate surface area is 112 Å². The van der Waals surface area contributed by atoms with Crippen molar-refractivity contribution in [2.45, 2.75) is 59.3 Å². The summed E-state index contributed by atoms with van der Waals surface area (Å²) in [6.45, 7) is 7.97. The molecule has 0 aromatic heterocycles. The Bertz CT molecular complexity index is 257. The number of amides is 1. The molecule has 1 aliphatic carbocycles. The highest BCUT2D eigenvalue weighted by Crippen LogP contribution is 2.42. The molecule has 0 bridgehead atoms. The van der Waals surface area contributed by atoms with Gasteiger partial charge in [-0.3, -0.25) is 4.79 Å². The topological polar surface area (TPSA) is 55.1 Å². The normalized spacial score (nSPS) is 20.1. The zero-order valence-electron chi connectivity index (χ0n) is 12.3. The summed E-state index contributed by atoms with van der Waals surface area (Å²) in [6, 6.07) is 0. The van der Waals surface area contributed by atoms with E-state index in [1.54, 1.807) is 0 Å². The molecule has 1 unspecified atom stereocenters. The van der Waals surface area contributed by atoms with E-state index in [9.17, 15) is 4.79 Å². The van der Waals surface area contributed by atoms with Gasteiger partial charge in [-0.1, -0.05) is 33.6 Å². The minimum atomic E-state index is 0.0486. The predicted octanol–water partition coefficient (Wildman–Crippen LogP) is 2.69. The Kier molecular flexibility index (Phi) is 6.13. The molecule has 1 aliphatic rings. The van der Waals surface area contributed by atoms with Crippen LogP contribution in [-0.4, -0.2) is 19.0 Å². The number of carbonyl (C=O) groups excluding carboxylic acids is 1. The lowest BCUT2D eigenvalue weighted by molar-refractivity contribution is -0.125. The first-order valence-corrected chi connectivity index (χ1v) is 7.47. The van der Waals surface area contributed by atoms with Gasteiger partial charge in [0.2, 0.25) is 5.91 Å². The van der Waals surface area contributed by atoms with Gasteiger partial charge in [0.25, 0.3) is 0 Å². The minimum absolute atomic E-state index is 0.0486. The molecular formula is C15H30N2O. The fourth-order valence-electron chi connectivity index (χ4n) is 3.27. The van der Waals surface area contributed by atoms with E-state index in [1.807, 2.05) is 6.92 Å². The van der Waals surface area contributed by atoms with E-state index < -0.39 is 0 Å². The van der Waals surface area contributed by atoms with Crippen LogP contribution in [0.3, 0.4) is 0 Å². The second-order valence-electron chi connectivity index (χ2n) is 6.50. The maximum Gasteiger partial charge on any atom is 0.222 e. The van der Waals surface area contributed by atoms with Crippen molar-refractivity contribution < 1.29 is 4.79 Å². The summed E-state index contributed by atoms with van der Waals surface area (Å²) >= 11 is 0. The van der Waals surface area contributed by atoms with Gasteiger partial charge < -0.3 is 11.1 Å². The van der Waals surface area contributed by atoms with Gasteiger partial charge in [-0.2, -0.15) is 0 Å². The van der Waals surface area contributed by atoms with Gasteiger partial charge in [-0.25, -0.2) is 0 Å². The van der Waals surface area contributed by atoms with Crippen molar-refractivity contribution in [3.05, 3.63) is 0 Å². The molecular weight excluding hydrogens is 224 g/mol. The smallest absolute Gasteiger partial charge is 0.222 e. The summed E-state index contributed by atoms with van der Waals surface area (Å²) in [4.78, 5) is 12.0. The Morgan fingerprint density at radius 1 is 1.28 bits per heavy atom. The van der Waals surface area contributed by atoms with Gasteiger partial charge in [0.1, 0.15) is 0 Å². The fraction of sp³-hybridized carbons (Fsp3) is 0.933. The Morgan fingerprint density at radius 2 is 1.89 bits per heavy atom. The van der Waals surface area contributed by atoms with E-state index >= 15 is 0 Å². The number of hydrogen-bond donors (Lipinski definition) is 2. The highest BCUT2D eigenvalue weighted by molar-refractivity contribution is 5.78. The largest absolute Gasteiger partial charge is 0.355 e. The first-order valence-electron chi connectivity index (χ1n) is 7.47. The SMILES string of the molecule is CC(C)CC1(CNC(=O)C(C)CCN)CCCC1. The minimum Gasteiger partial charge on any atom is -0.355 e. The van der Waals surface area contributed by atoms with Gasteiger partial charge in [0.05, 0.1) is 0 Å². The van der Waals surface area contributed by atoms with E-state index in [1.165, 1.54) is 32.1 Å². The van der Waals surface area contributed by atoms with Gasteiger partial charge in [-0.15, -0.1) is 0 Å². The molecule has 0 aliphatic heterocycles. The van der Waals surface area contributed by atoms with Crippen LogP contribution in [-0.2, 0) is 4.79 Å². The molecule has 3 N–H and O–H groups in total. The van der Waals surface area contributed by atoms with E-state index in [2.05, 4.69) is 19.2 Å². The molecule has 0 spiro atoms. The van der Waals surface area contributed by atoms with Crippen LogP contribution in [0, 0.1) is 17.3 Å². The van der Waals surface area contributed by atoms with Crippen molar-refractivity contribution in [3.63, 3.8) is 0 Å². The van der Waals surface area contributed by atoms with Crippen LogP contribution in [0.5, 0.6) is 0 Å². The monoisotopic (exact) mass is 254 g/mol. The molecule has 1 amide bonds. The third-order valence-electron chi connectivity index (χ3n) is 4.19. The van der Waals surface area contributed by atoms with Gasteiger partial charge in [-0.05, 0) is 43.6 Å². The molecule has 3 heteroatoms. The number of nitrogens with one attached hydrogen (secondary N) is 1. The third kappa shape index (κ3) is 4.60. The van der Waals surface area contributed by atoms with E-state index in [0.717, 1.165) is 13.0 Å². The van der Waals surface area contributed by atoms with Crippen LogP contribution in [0.1, 0.15) is 59.3 Å². The van der Waals surface area contributed by atoms with Gasteiger partial charge >= 0.3 is 0 Å². The quantitative estimate of drug-likeness (QED) is 0.734. The van der Waals surface area contributed by atoms with Crippen LogP contribution >= 0.6 is 0 Å². The molecule has 1 atom stereocenters. The highest BCUT2D eigenvalue weighted by Gasteiger charge is 2.34. The van der Waals surface area contributed by atoms with Crippen LogP contribution in [0.15, 0.2) is 0 Å². The predicted molar refractivity (Wildman–Crippen MR) is 76.2 cm³/mol. The summed E-state index contributed by atoms with van der Waals surface area (Å²) < 4.78 is 0. The van der Waals surface area contributed by atoms with Crippen molar-refractivity contribution in [1.29, 1.82) is 0 Å². The van der Waals surface area contributed by atoms with Crippen LogP contribution in [0.4, 0.5) is 0 Å². The molecule has 0 saturated heterocycles. The summed E-state index contributed by atoms with van der Waals surface area (Å²) in [5.41, 5.74) is 5.86. The maximum absolute atomic E-state index is 12.0. The molecule has 0 heterocycles. The first kappa shape index (κ1) is 15.5. The molecule has 0 radical (unpaired) electrons. The van der Waals surface area contributed by atoms with Crippen molar-refractivity contribution in [2.24, 2.45) is 23.0 Å². The van der Waals surface area contributed by atoms with E-state index in [-0.39, 0.29) is 11.8 Å². The lowest BCUT2D eigenvalue weighted by atomic mass is 9.78. The number of nitrogens with two attached hydrogens (primary N) is 1. The van der Waals surface area contributed by atoms with Gasteiger partial charge in [0, 0.05) is 12.5 Å². The van der Waals surface area contributed by atoms with Crippen molar-refractivity contribution in [3.8, 4) is 0 Å². The Balaban J connectivity index is 2.45. The third-order valence-corrected chi connectivity index (χ3v) is 4.19. The molecule has 1 rings (SSSR count). The summed E-state index contributed by atoms with van der Waals surface area (Å²) in [6.07, 6.45) is 7.21. The number of carbonyl (C=O) groups is 1. The molecule has 1 saturated carbocycles. The Morgan fingerprint density at radius 3 is 2.39 bits per heavy atom.